The van der Waals surface area contributed by atoms with Crippen molar-refractivity contribution in [2.75, 3.05) is 11.9 Å². The highest BCUT2D eigenvalue weighted by molar-refractivity contribution is 5.92. The second-order valence-electron chi connectivity index (χ2n) is 9.77. The van der Waals surface area contributed by atoms with Crippen molar-refractivity contribution < 1.29 is 9.47 Å². The van der Waals surface area contributed by atoms with Gasteiger partial charge < -0.3 is 14.8 Å². The van der Waals surface area contributed by atoms with Crippen molar-refractivity contribution in [1.29, 1.82) is 0 Å². The zero-order chi connectivity index (χ0) is 25.6. The highest BCUT2D eigenvalue weighted by atomic mass is 16.5. The molecule has 3 aromatic heterocycles. The summed E-state index contributed by atoms with van der Waals surface area (Å²) in [5.41, 5.74) is 5.42. The normalized spacial score (nSPS) is 14.5. The molecule has 0 amide bonds. The largest absolute Gasteiger partial charge is 0.478 e. The van der Waals surface area contributed by atoms with Gasteiger partial charge in [-0.1, -0.05) is 6.07 Å². The summed E-state index contributed by atoms with van der Waals surface area (Å²) >= 11 is 0. The topological polar surface area (TPSA) is 112 Å². The van der Waals surface area contributed by atoms with Crippen LogP contribution < -0.4 is 10.1 Å². The third-order valence-electron chi connectivity index (χ3n) is 6.44. The maximum absolute atomic E-state index is 6.07. The van der Waals surface area contributed by atoms with Crippen LogP contribution in [0.15, 0.2) is 60.4 Å². The molecule has 0 saturated carbocycles. The van der Waals surface area contributed by atoms with Crippen molar-refractivity contribution in [3.8, 4) is 11.6 Å². The van der Waals surface area contributed by atoms with Gasteiger partial charge >= 0.3 is 0 Å². The minimum Gasteiger partial charge on any atom is -0.478 e. The molecule has 0 atom stereocenters. The molecular weight excluding hydrogens is 468 g/mol. The molecule has 0 radical (unpaired) electrons. The SMILES string of the molecule is Cc1c(Nc2ncnc3ccc(CC4=NC(C)(C)CO4)cc23)ccc(Oc2cc3nncn3cn2)c1C. The summed E-state index contributed by atoms with van der Waals surface area (Å²) < 4.78 is 13.6. The van der Waals surface area contributed by atoms with E-state index in [2.05, 4.69) is 61.4 Å². The number of hydrogen-bond acceptors (Lipinski definition) is 9. The van der Waals surface area contributed by atoms with Gasteiger partial charge in [-0.15, -0.1) is 10.2 Å². The molecular formula is C27H26N8O2. The van der Waals surface area contributed by atoms with E-state index in [0.717, 1.165) is 50.7 Å². The summed E-state index contributed by atoms with van der Waals surface area (Å²) in [6.45, 7) is 8.82. The van der Waals surface area contributed by atoms with E-state index in [1.54, 1.807) is 29.4 Å². The molecule has 1 aliphatic heterocycles. The van der Waals surface area contributed by atoms with Crippen LogP contribution in [0.5, 0.6) is 11.6 Å². The Hall–Kier alpha value is -4.60. The lowest BCUT2D eigenvalue weighted by atomic mass is 10.1. The van der Waals surface area contributed by atoms with E-state index in [4.69, 9.17) is 9.47 Å². The molecule has 0 saturated heterocycles. The first-order valence-corrected chi connectivity index (χ1v) is 12.0. The molecule has 4 heterocycles. The van der Waals surface area contributed by atoms with Gasteiger partial charge in [0, 0.05) is 23.6 Å². The Morgan fingerprint density at radius 1 is 1.03 bits per heavy atom. The minimum atomic E-state index is -0.174. The van der Waals surface area contributed by atoms with E-state index in [9.17, 15) is 0 Å². The predicted octanol–water partition coefficient (Wildman–Crippen LogP) is 4.97. The Morgan fingerprint density at radius 2 is 1.92 bits per heavy atom. The quantitative estimate of drug-likeness (QED) is 0.352. The molecule has 1 aliphatic rings. The van der Waals surface area contributed by atoms with Crippen LogP contribution in [0, 0.1) is 13.8 Å². The minimum absolute atomic E-state index is 0.174. The Kier molecular flexibility index (Phi) is 5.44. The molecule has 0 bridgehead atoms. The van der Waals surface area contributed by atoms with Crippen LogP contribution in [-0.4, -0.2) is 47.6 Å². The second kappa shape index (κ2) is 8.81. The van der Waals surface area contributed by atoms with Crippen molar-refractivity contribution in [1.82, 2.24) is 29.5 Å². The number of nitrogens with zero attached hydrogens (tertiary/aromatic N) is 7. The number of anilines is 2. The van der Waals surface area contributed by atoms with Crippen LogP contribution in [-0.2, 0) is 11.2 Å². The smallest absolute Gasteiger partial charge is 0.224 e. The lowest BCUT2D eigenvalue weighted by Crippen LogP contribution is -2.17. The summed E-state index contributed by atoms with van der Waals surface area (Å²) in [6.07, 6.45) is 5.43. The Balaban J connectivity index is 1.27. The predicted molar refractivity (Wildman–Crippen MR) is 141 cm³/mol. The summed E-state index contributed by atoms with van der Waals surface area (Å²) in [7, 11) is 0. The molecule has 2 aromatic carbocycles. The number of ether oxygens (including phenoxy) is 2. The maximum atomic E-state index is 6.07. The Bertz CT molecular complexity index is 1670. The number of fused-ring (bicyclic) bond motifs is 2. The molecule has 37 heavy (non-hydrogen) atoms. The van der Waals surface area contributed by atoms with Crippen LogP contribution in [0.3, 0.4) is 0 Å². The molecule has 6 rings (SSSR count). The summed E-state index contributed by atoms with van der Waals surface area (Å²) in [5, 5.41) is 12.4. The van der Waals surface area contributed by atoms with E-state index in [-0.39, 0.29) is 5.54 Å². The Labute approximate surface area is 213 Å². The van der Waals surface area contributed by atoms with E-state index in [1.165, 1.54) is 0 Å². The van der Waals surface area contributed by atoms with Gasteiger partial charge in [-0.2, -0.15) is 0 Å². The van der Waals surface area contributed by atoms with Crippen molar-refractivity contribution >= 4 is 34.0 Å². The van der Waals surface area contributed by atoms with E-state index >= 15 is 0 Å². The van der Waals surface area contributed by atoms with Gasteiger partial charge in [0.25, 0.3) is 0 Å². The van der Waals surface area contributed by atoms with Crippen LogP contribution in [0.2, 0.25) is 0 Å². The van der Waals surface area contributed by atoms with Crippen LogP contribution in [0.25, 0.3) is 16.6 Å². The van der Waals surface area contributed by atoms with Crippen LogP contribution >= 0.6 is 0 Å². The standard InChI is InChI=1S/C27H26N8O2/c1-16-17(2)22(37-24-11-23-34-31-15-35(23)14-30-24)8-7-20(16)32-26-19-9-18(5-6-21(19)28-13-29-26)10-25-33-27(3,4)12-36-25/h5-9,11,13-15H,10,12H2,1-4H3,(H,28,29,32). The van der Waals surface area contributed by atoms with Crippen molar-refractivity contribution in [3.63, 3.8) is 0 Å². The fourth-order valence-electron chi connectivity index (χ4n) is 4.29. The third kappa shape index (κ3) is 4.53. The highest BCUT2D eigenvalue weighted by Crippen LogP contribution is 2.33. The zero-order valence-electron chi connectivity index (χ0n) is 21.1. The highest BCUT2D eigenvalue weighted by Gasteiger charge is 2.26. The van der Waals surface area contributed by atoms with Crippen molar-refractivity contribution in [2.24, 2.45) is 4.99 Å². The first kappa shape index (κ1) is 22.8. The summed E-state index contributed by atoms with van der Waals surface area (Å²) in [6, 6.07) is 11.8. The number of benzene rings is 2. The van der Waals surface area contributed by atoms with Crippen molar-refractivity contribution in [3.05, 3.63) is 72.1 Å². The van der Waals surface area contributed by atoms with Gasteiger partial charge in [-0.25, -0.2) is 19.9 Å². The molecule has 1 N–H and O–H groups in total. The van der Waals surface area contributed by atoms with Crippen molar-refractivity contribution in [2.45, 2.75) is 39.7 Å². The summed E-state index contributed by atoms with van der Waals surface area (Å²) in [5.74, 6) is 2.67. The maximum Gasteiger partial charge on any atom is 0.224 e. The average Bonchev–Trinajstić information content (AvgIpc) is 3.49. The van der Waals surface area contributed by atoms with Crippen LogP contribution in [0.1, 0.15) is 30.5 Å². The van der Waals surface area contributed by atoms with Crippen LogP contribution in [0.4, 0.5) is 11.5 Å². The van der Waals surface area contributed by atoms with E-state index in [0.29, 0.717) is 24.6 Å². The lowest BCUT2D eigenvalue weighted by Gasteiger charge is -2.16. The van der Waals surface area contributed by atoms with E-state index in [1.807, 2.05) is 32.0 Å². The van der Waals surface area contributed by atoms with Gasteiger partial charge in [0.15, 0.2) is 11.5 Å². The first-order chi connectivity index (χ1) is 17.8. The van der Waals surface area contributed by atoms with Gasteiger partial charge in [-0.3, -0.25) is 4.40 Å². The molecule has 5 aromatic rings. The monoisotopic (exact) mass is 494 g/mol. The number of rotatable bonds is 6. The fourth-order valence-corrected chi connectivity index (χ4v) is 4.29. The molecule has 0 unspecified atom stereocenters. The van der Waals surface area contributed by atoms with Gasteiger partial charge in [0.05, 0.1) is 11.1 Å². The van der Waals surface area contributed by atoms with Gasteiger partial charge in [0.1, 0.15) is 37.2 Å². The van der Waals surface area contributed by atoms with Gasteiger partial charge in [-0.05, 0) is 68.7 Å². The first-order valence-electron chi connectivity index (χ1n) is 12.0. The number of nitrogens with one attached hydrogen (secondary N) is 1. The molecule has 0 aliphatic carbocycles. The lowest BCUT2D eigenvalue weighted by molar-refractivity contribution is 0.275. The molecule has 10 nitrogen and oxygen atoms in total. The molecule has 0 spiro atoms. The average molecular weight is 495 g/mol. The molecule has 186 valence electrons. The molecule has 10 heteroatoms. The zero-order valence-corrected chi connectivity index (χ0v) is 21.1. The second-order valence-corrected chi connectivity index (χ2v) is 9.77. The summed E-state index contributed by atoms with van der Waals surface area (Å²) in [4.78, 5) is 18.0. The third-order valence-corrected chi connectivity index (χ3v) is 6.44. The van der Waals surface area contributed by atoms with E-state index < -0.39 is 0 Å². The van der Waals surface area contributed by atoms with Gasteiger partial charge in [0.2, 0.25) is 5.88 Å². The molecule has 0 fully saturated rings. The fraction of sp³-hybridized carbons (Fsp3) is 0.259. The Morgan fingerprint density at radius 3 is 2.76 bits per heavy atom. The number of hydrogen-bond donors (Lipinski definition) is 1. The number of aliphatic imine (C=N–C) groups is 1. The number of aromatic nitrogens is 6.